The fourth-order valence-corrected chi connectivity index (χ4v) is 3.61. The molecule has 0 spiro atoms. The second kappa shape index (κ2) is 6.33. The van der Waals surface area contributed by atoms with Gasteiger partial charge in [0.25, 0.3) is 0 Å². The smallest absolute Gasteiger partial charge is 0.327 e. The van der Waals surface area contributed by atoms with Crippen LogP contribution in [0.4, 0.5) is 4.79 Å². The molecule has 2 rings (SSSR count). The summed E-state index contributed by atoms with van der Waals surface area (Å²) in [6, 6.07) is -1.24. The van der Waals surface area contributed by atoms with E-state index < -0.39 is 18.0 Å². The second-order valence-electron chi connectivity index (χ2n) is 5.12. The summed E-state index contributed by atoms with van der Waals surface area (Å²) in [7, 11) is 0. The Kier molecular flexibility index (Phi) is 4.71. The fraction of sp³-hybridized carbons (Fsp3) is 0.667. The number of rotatable bonds is 4. The van der Waals surface area contributed by atoms with Gasteiger partial charge in [-0.3, -0.25) is 4.90 Å². The van der Waals surface area contributed by atoms with Gasteiger partial charge < -0.3 is 14.9 Å². The molecule has 0 radical (unpaired) electrons. The van der Waals surface area contributed by atoms with Crippen molar-refractivity contribution in [2.24, 2.45) is 5.92 Å². The van der Waals surface area contributed by atoms with Crippen LogP contribution < -0.4 is 5.32 Å². The van der Waals surface area contributed by atoms with Crippen LogP contribution in [0.15, 0.2) is 4.52 Å². The van der Waals surface area contributed by atoms with Crippen molar-refractivity contribution in [3.05, 3.63) is 11.7 Å². The molecule has 0 aliphatic carbocycles. The fourth-order valence-electron chi connectivity index (χ4n) is 2.14. The van der Waals surface area contributed by atoms with Crippen molar-refractivity contribution < 1.29 is 19.2 Å². The Labute approximate surface area is 126 Å². The summed E-state index contributed by atoms with van der Waals surface area (Å²) in [5, 5.41) is 15.4. The van der Waals surface area contributed by atoms with E-state index in [9.17, 15) is 14.7 Å². The quantitative estimate of drug-likeness (QED) is 0.855. The maximum absolute atomic E-state index is 12.3. The van der Waals surface area contributed by atoms with Crippen molar-refractivity contribution in [1.29, 1.82) is 0 Å². The number of carbonyl (C=O) groups is 2. The highest BCUT2D eigenvalue weighted by Crippen LogP contribution is 2.34. The van der Waals surface area contributed by atoms with E-state index in [0.29, 0.717) is 17.5 Å². The van der Waals surface area contributed by atoms with E-state index in [0.717, 1.165) is 0 Å². The van der Waals surface area contributed by atoms with Gasteiger partial charge in [-0.1, -0.05) is 19.0 Å². The number of aliphatic carboxylic acids is 1. The Hall–Kier alpha value is -1.77. The molecule has 2 N–H and O–H groups in total. The highest BCUT2D eigenvalue weighted by Gasteiger charge is 2.42. The third-order valence-electron chi connectivity index (χ3n) is 3.09. The lowest BCUT2D eigenvalue weighted by atomic mass is 10.2. The van der Waals surface area contributed by atoms with Gasteiger partial charge in [0.05, 0.1) is 11.9 Å². The molecular formula is C12H18N4O4S. The van der Waals surface area contributed by atoms with Crippen molar-refractivity contribution in [2.75, 3.05) is 5.75 Å². The topological polar surface area (TPSA) is 109 Å². The van der Waals surface area contributed by atoms with Gasteiger partial charge in [-0.2, -0.15) is 4.98 Å². The lowest BCUT2D eigenvalue weighted by Crippen LogP contribution is -2.51. The zero-order valence-corrected chi connectivity index (χ0v) is 12.9. The summed E-state index contributed by atoms with van der Waals surface area (Å²) in [6.45, 7) is 5.69. The van der Waals surface area contributed by atoms with E-state index in [4.69, 9.17) is 4.52 Å². The predicted molar refractivity (Wildman–Crippen MR) is 75.6 cm³/mol. The third kappa shape index (κ3) is 3.46. The van der Waals surface area contributed by atoms with Gasteiger partial charge in [0.2, 0.25) is 5.89 Å². The Bertz CT molecular complexity index is 533. The van der Waals surface area contributed by atoms with E-state index in [2.05, 4.69) is 15.5 Å². The summed E-state index contributed by atoms with van der Waals surface area (Å²) in [5.74, 6) is 0.343. The van der Waals surface area contributed by atoms with Crippen LogP contribution >= 0.6 is 11.8 Å². The first kappa shape index (κ1) is 15.6. The van der Waals surface area contributed by atoms with Crippen LogP contribution in [-0.4, -0.2) is 49.3 Å². The first-order chi connectivity index (χ1) is 9.90. The minimum atomic E-state index is -0.991. The molecule has 0 bridgehead atoms. The molecule has 1 saturated heterocycles. The Morgan fingerprint density at radius 3 is 2.81 bits per heavy atom. The Balaban J connectivity index is 2.04. The van der Waals surface area contributed by atoms with E-state index in [-0.39, 0.29) is 17.8 Å². The molecule has 0 aromatic carbocycles. The minimum Gasteiger partial charge on any atom is -0.480 e. The van der Waals surface area contributed by atoms with E-state index in [1.807, 2.05) is 13.8 Å². The standard InChI is InChI=1S/C12H18N4O4S/c1-6(2)10-16(8(5-21-10)11(17)18)12(19)13-4-9-14-7(3)15-20-9/h6,8,10H,4-5H2,1-3H3,(H,13,19)(H,17,18). The number of hydrogen-bond donors (Lipinski definition) is 2. The van der Waals surface area contributed by atoms with Gasteiger partial charge in [-0.05, 0) is 12.8 Å². The van der Waals surface area contributed by atoms with Gasteiger partial charge >= 0.3 is 12.0 Å². The van der Waals surface area contributed by atoms with Crippen molar-refractivity contribution in [3.63, 3.8) is 0 Å². The van der Waals surface area contributed by atoms with Crippen LogP contribution in [0.25, 0.3) is 0 Å². The molecule has 1 fully saturated rings. The first-order valence-corrected chi connectivity index (χ1v) is 7.64. The van der Waals surface area contributed by atoms with Crippen LogP contribution in [0.2, 0.25) is 0 Å². The lowest BCUT2D eigenvalue weighted by molar-refractivity contribution is -0.141. The summed E-state index contributed by atoms with van der Waals surface area (Å²) >= 11 is 1.48. The molecule has 1 aromatic heterocycles. The number of aromatic nitrogens is 2. The van der Waals surface area contributed by atoms with Crippen LogP contribution in [0.5, 0.6) is 0 Å². The molecule has 1 aliphatic heterocycles. The number of thioether (sulfide) groups is 1. The number of carbonyl (C=O) groups excluding carboxylic acids is 1. The first-order valence-electron chi connectivity index (χ1n) is 6.60. The maximum atomic E-state index is 12.3. The molecule has 116 valence electrons. The molecule has 0 saturated carbocycles. The summed E-state index contributed by atoms with van der Waals surface area (Å²) in [6.07, 6.45) is 0. The maximum Gasteiger partial charge on any atom is 0.327 e. The van der Waals surface area contributed by atoms with E-state index in [1.165, 1.54) is 16.7 Å². The van der Waals surface area contributed by atoms with Crippen molar-refractivity contribution in [1.82, 2.24) is 20.4 Å². The molecule has 2 atom stereocenters. The number of carboxylic acid groups (broad SMARTS) is 1. The molecule has 2 heterocycles. The monoisotopic (exact) mass is 314 g/mol. The summed E-state index contributed by atoms with van der Waals surface area (Å²) < 4.78 is 4.91. The molecule has 9 heteroatoms. The van der Waals surface area contributed by atoms with Gasteiger partial charge in [-0.15, -0.1) is 11.8 Å². The van der Waals surface area contributed by atoms with Crippen molar-refractivity contribution in [3.8, 4) is 0 Å². The van der Waals surface area contributed by atoms with E-state index in [1.54, 1.807) is 6.92 Å². The number of nitrogens with one attached hydrogen (secondary N) is 1. The van der Waals surface area contributed by atoms with Gasteiger partial charge in [0.15, 0.2) is 5.82 Å². The molecule has 21 heavy (non-hydrogen) atoms. The second-order valence-corrected chi connectivity index (χ2v) is 6.27. The SMILES string of the molecule is Cc1noc(CNC(=O)N2C(C(=O)O)CSC2C(C)C)n1. The number of aryl methyl sites for hydroxylation is 1. The molecular weight excluding hydrogens is 296 g/mol. The number of carboxylic acids is 1. The van der Waals surface area contributed by atoms with Crippen LogP contribution in [0.1, 0.15) is 25.6 Å². The summed E-state index contributed by atoms with van der Waals surface area (Å²) in [5.41, 5.74) is 0. The third-order valence-corrected chi connectivity index (χ3v) is 4.71. The highest BCUT2D eigenvalue weighted by molar-refractivity contribution is 8.00. The minimum absolute atomic E-state index is 0.0813. The number of hydrogen-bond acceptors (Lipinski definition) is 6. The Morgan fingerprint density at radius 1 is 1.57 bits per heavy atom. The van der Waals surface area contributed by atoms with E-state index >= 15 is 0 Å². The predicted octanol–water partition coefficient (Wildman–Crippen LogP) is 1.07. The Morgan fingerprint density at radius 2 is 2.29 bits per heavy atom. The molecule has 1 aromatic rings. The summed E-state index contributed by atoms with van der Waals surface area (Å²) in [4.78, 5) is 29.0. The van der Waals surface area contributed by atoms with Crippen molar-refractivity contribution in [2.45, 2.75) is 38.7 Å². The number of urea groups is 1. The molecule has 2 amide bonds. The lowest BCUT2D eigenvalue weighted by Gasteiger charge is -2.29. The average Bonchev–Trinajstić information content (AvgIpc) is 3.01. The van der Waals surface area contributed by atoms with Gasteiger partial charge in [0.1, 0.15) is 6.04 Å². The van der Waals surface area contributed by atoms with Gasteiger partial charge in [0, 0.05) is 5.75 Å². The molecule has 1 aliphatic rings. The number of amides is 2. The number of nitrogens with zero attached hydrogens (tertiary/aromatic N) is 3. The highest BCUT2D eigenvalue weighted by atomic mass is 32.2. The molecule has 2 unspecified atom stereocenters. The van der Waals surface area contributed by atoms with Crippen molar-refractivity contribution >= 4 is 23.8 Å². The zero-order valence-electron chi connectivity index (χ0n) is 12.1. The van der Waals surface area contributed by atoms with Crippen LogP contribution in [0.3, 0.4) is 0 Å². The normalized spacial score (nSPS) is 21.8. The van der Waals surface area contributed by atoms with Gasteiger partial charge in [-0.25, -0.2) is 9.59 Å². The largest absolute Gasteiger partial charge is 0.480 e. The zero-order chi connectivity index (χ0) is 15.6. The molecule has 8 nitrogen and oxygen atoms in total. The van der Waals surface area contributed by atoms with Crippen LogP contribution in [-0.2, 0) is 11.3 Å². The van der Waals surface area contributed by atoms with Crippen LogP contribution in [0, 0.1) is 12.8 Å². The average molecular weight is 314 g/mol.